The standard InChI is InChI=1S/C14H16ClFO/c1-9-6-13(15)11(8-14(9)16)7-10-2-4-12(17)5-3-10/h6,8,10H,2-5,7H2,1H3. The molecule has 0 aromatic heterocycles. The monoisotopic (exact) mass is 254 g/mol. The molecule has 0 bridgehead atoms. The Morgan fingerprint density at radius 2 is 2.00 bits per heavy atom. The fourth-order valence-corrected chi connectivity index (χ4v) is 2.65. The van der Waals surface area contributed by atoms with E-state index in [0.717, 1.165) is 24.8 Å². The fourth-order valence-electron chi connectivity index (χ4n) is 2.36. The number of carbonyl (C=O) groups excluding carboxylic acids is 1. The maximum absolute atomic E-state index is 13.5. The van der Waals surface area contributed by atoms with Gasteiger partial charge in [-0.1, -0.05) is 11.6 Å². The predicted octanol–water partition coefficient (Wildman–Crippen LogP) is 4.09. The summed E-state index contributed by atoms with van der Waals surface area (Å²) in [5, 5.41) is 0.640. The van der Waals surface area contributed by atoms with E-state index in [9.17, 15) is 9.18 Å². The van der Waals surface area contributed by atoms with Crippen LogP contribution in [0.1, 0.15) is 36.8 Å². The molecule has 0 heterocycles. The van der Waals surface area contributed by atoms with E-state index < -0.39 is 0 Å². The van der Waals surface area contributed by atoms with Crippen molar-refractivity contribution in [2.75, 3.05) is 0 Å². The molecule has 0 saturated heterocycles. The van der Waals surface area contributed by atoms with Crippen LogP contribution in [0.2, 0.25) is 5.02 Å². The van der Waals surface area contributed by atoms with Crippen molar-refractivity contribution in [3.05, 3.63) is 34.1 Å². The van der Waals surface area contributed by atoms with Gasteiger partial charge in [0, 0.05) is 17.9 Å². The molecular weight excluding hydrogens is 239 g/mol. The second-order valence-electron chi connectivity index (χ2n) is 4.88. The number of rotatable bonds is 2. The van der Waals surface area contributed by atoms with Crippen molar-refractivity contribution in [3.8, 4) is 0 Å². The van der Waals surface area contributed by atoms with E-state index in [-0.39, 0.29) is 5.82 Å². The van der Waals surface area contributed by atoms with E-state index in [0.29, 0.717) is 35.1 Å². The van der Waals surface area contributed by atoms with Gasteiger partial charge in [-0.2, -0.15) is 0 Å². The summed E-state index contributed by atoms with van der Waals surface area (Å²) in [6.45, 7) is 1.71. The summed E-state index contributed by atoms with van der Waals surface area (Å²) >= 11 is 6.12. The first-order valence-corrected chi connectivity index (χ1v) is 6.40. The number of carbonyl (C=O) groups is 1. The van der Waals surface area contributed by atoms with Crippen LogP contribution in [-0.2, 0) is 11.2 Å². The third kappa shape index (κ3) is 3.06. The molecule has 1 nitrogen and oxygen atoms in total. The highest BCUT2D eigenvalue weighted by atomic mass is 35.5. The van der Waals surface area contributed by atoms with E-state index in [1.54, 1.807) is 13.0 Å². The number of ketones is 1. The predicted molar refractivity (Wildman–Crippen MR) is 66.8 cm³/mol. The lowest BCUT2D eigenvalue weighted by atomic mass is 9.84. The third-order valence-corrected chi connectivity index (χ3v) is 3.85. The van der Waals surface area contributed by atoms with E-state index in [2.05, 4.69) is 0 Å². The van der Waals surface area contributed by atoms with Crippen molar-refractivity contribution in [2.45, 2.75) is 39.0 Å². The van der Waals surface area contributed by atoms with E-state index >= 15 is 0 Å². The van der Waals surface area contributed by atoms with Crippen LogP contribution in [0.3, 0.4) is 0 Å². The normalized spacial score (nSPS) is 17.5. The largest absolute Gasteiger partial charge is 0.300 e. The zero-order valence-corrected chi connectivity index (χ0v) is 10.7. The smallest absolute Gasteiger partial charge is 0.132 e. The van der Waals surface area contributed by atoms with Gasteiger partial charge in [0.1, 0.15) is 11.6 Å². The van der Waals surface area contributed by atoms with Gasteiger partial charge in [-0.25, -0.2) is 4.39 Å². The van der Waals surface area contributed by atoms with Crippen molar-refractivity contribution < 1.29 is 9.18 Å². The molecule has 1 aromatic carbocycles. The second kappa shape index (κ2) is 5.18. The first-order valence-electron chi connectivity index (χ1n) is 6.02. The first-order chi connectivity index (χ1) is 8.06. The third-order valence-electron chi connectivity index (χ3n) is 3.50. The van der Waals surface area contributed by atoms with Crippen LogP contribution in [0.15, 0.2) is 12.1 Å². The summed E-state index contributed by atoms with van der Waals surface area (Å²) in [6.07, 6.45) is 3.92. The van der Waals surface area contributed by atoms with E-state index in [1.807, 2.05) is 0 Å². The number of hydrogen-bond donors (Lipinski definition) is 0. The Morgan fingerprint density at radius 3 is 2.65 bits per heavy atom. The fraction of sp³-hybridized carbons (Fsp3) is 0.500. The molecule has 1 aliphatic carbocycles. The Labute approximate surface area is 106 Å². The summed E-state index contributed by atoms with van der Waals surface area (Å²) in [7, 11) is 0. The Kier molecular flexibility index (Phi) is 3.82. The van der Waals surface area contributed by atoms with Crippen molar-refractivity contribution in [1.82, 2.24) is 0 Å². The minimum absolute atomic E-state index is 0.198. The summed E-state index contributed by atoms with van der Waals surface area (Å²) in [5.74, 6) is 0.617. The quantitative estimate of drug-likeness (QED) is 0.777. The topological polar surface area (TPSA) is 17.1 Å². The van der Waals surface area contributed by atoms with Gasteiger partial charge in [-0.3, -0.25) is 4.79 Å². The zero-order valence-electron chi connectivity index (χ0n) is 9.93. The Hall–Kier alpha value is -0.890. The van der Waals surface area contributed by atoms with Gasteiger partial charge in [-0.05, 0) is 55.4 Å². The minimum Gasteiger partial charge on any atom is -0.300 e. The minimum atomic E-state index is -0.198. The first kappa shape index (κ1) is 12.6. The van der Waals surface area contributed by atoms with Gasteiger partial charge in [0.2, 0.25) is 0 Å². The molecule has 1 aromatic rings. The molecule has 1 aliphatic rings. The van der Waals surface area contributed by atoms with Crippen molar-refractivity contribution in [3.63, 3.8) is 0 Å². The second-order valence-corrected chi connectivity index (χ2v) is 5.29. The number of halogens is 2. The van der Waals surface area contributed by atoms with Crippen molar-refractivity contribution >= 4 is 17.4 Å². The highest BCUT2D eigenvalue weighted by Crippen LogP contribution is 2.29. The zero-order chi connectivity index (χ0) is 12.4. The molecule has 0 unspecified atom stereocenters. The molecule has 0 atom stereocenters. The van der Waals surface area contributed by atoms with Crippen molar-refractivity contribution in [2.24, 2.45) is 5.92 Å². The molecular formula is C14H16ClFO. The Balaban J connectivity index is 2.08. The van der Waals surface area contributed by atoms with Crippen LogP contribution in [0.4, 0.5) is 4.39 Å². The van der Waals surface area contributed by atoms with Gasteiger partial charge in [0.25, 0.3) is 0 Å². The van der Waals surface area contributed by atoms with Gasteiger partial charge >= 0.3 is 0 Å². The van der Waals surface area contributed by atoms with Crippen LogP contribution in [0.5, 0.6) is 0 Å². The lowest BCUT2D eigenvalue weighted by Gasteiger charge is -2.21. The van der Waals surface area contributed by atoms with Crippen LogP contribution in [0, 0.1) is 18.7 Å². The van der Waals surface area contributed by atoms with E-state index in [4.69, 9.17) is 11.6 Å². The lowest BCUT2D eigenvalue weighted by molar-refractivity contribution is -0.121. The molecule has 92 valence electrons. The number of hydrogen-bond acceptors (Lipinski definition) is 1. The van der Waals surface area contributed by atoms with Crippen LogP contribution < -0.4 is 0 Å². The number of Topliss-reactive ketones (excluding diaryl/α,β-unsaturated/α-hetero) is 1. The van der Waals surface area contributed by atoms with E-state index in [1.165, 1.54) is 6.07 Å². The molecule has 1 saturated carbocycles. The van der Waals surface area contributed by atoms with Gasteiger partial charge in [0.05, 0.1) is 0 Å². The van der Waals surface area contributed by atoms with Crippen LogP contribution in [-0.4, -0.2) is 5.78 Å². The van der Waals surface area contributed by atoms with Crippen LogP contribution in [0.25, 0.3) is 0 Å². The van der Waals surface area contributed by atoms with Gasteiger partial charge < -0.3 is 0 Å². The highest BCUT2D eigenvalue weighted by Gasteiger charge is 2.20. The summed E-state index contributed by atoms with van der Waals surface area (Å²) < 4.78 is 13.5. The molecule has 0 amide bonds. The lowest BCUT2D eigenvalue weighted by Crippen LogP contribution is -2.16. The van der Waals surface area contributed by atoms with Gasteiger partial charge in [0.15, 0.2) is 0 Å². The number of benzene rings is 1. The number of aryl methyl sites for hydroxylation is 1. The molecule has 0 N–H and O–H groups in total. The SMILES string of the molecule is Cc1cc(Cl)c(CC2CCC(=O)CC2)cc1F. The summed E-state index contributed by atoms with van der Waals surface area (Å²) in [4.78, 5) is 11.1. The average molecular weight is 255 g/mol. The summed E-state index contributed by atoms with van der Waals surface area (Å²) in [6, 6.07) is 3.22. The summed E-state index contributed by atoms with van der Waals surface area (Å²) in [5.41, 5.74) is 1.45. The highest BCUT2D eigenvalue weighted by molar-refractivity contribution is 6.31. The maximum atomic E-state index is 13.5. The molecule has 1 fully saturated rings. The van der Waals surface area contributed by atoms with Gasteiger partial charge in [-0.15, -0.1) is 0 Å². The molecule has 3 heteroatoms. The molecule has 0 spiro atoms. The molecule has 0 radical (unpaired) electrons. The van der Waals surface area contributed by atoms with Crippen LogP contribution >= 0.6 is 11.6 Å². The Morgan fingerprint density at radius 1 is 1.35 bits per heavy atom. The molecule has 2 rings (SSSR count). The average Bonchev–Trinajstić information content (AvgIpc) is 2.29. The maximum Gasteiger partial charge on any atom is 0.132 e. The van der Waals surface area contributed by atoms with Crippen molar-refractivity contribution in [1.29, 1.82) is 0 Å². The molecule has 17 heavy (non-hydrogen) atoms. The molecule has 0 aliphatic heterocycles. The Bertz CT molecular complexity index is 432.